The molecule has 6 heteroatoms. The summed E-state index contributed by atoms with van der Waals surface area (Å²) in [6, 6.07) is 3.25. The van der Waals surface area contributed by atoms with Gasteiger partial charge in [-0.1, -0.05) is 12.8 Å². The zero-order chi connectivity index (χ0) is 14.4. The first-order valence-electron chi connectivity index (χ1n) is 6.58. The Bertz CT molecular complexity index is 522. The van der Waals surface area contributed by atoms with Gasteiger partial charge in [-0.05, 0) is 36.6 Å². The largest absolute Gasteiger partial charge is 0.478 e. The van der Waals surface area contributed by atoms with Crippen LogP contribution in [-0.2, 0) is 4.79 Å². The number of amides is 2. The Kier molecular flexibility index (Phi) is 4.70. The molecule has 0 aromatic carbocycles. The predicted octanol–water partition coefficient (Wildman–Crippen LogP) is 2.24. The first-order chi connectivity index (χ1) is 9.63. The van der Waals surface area contributed by atoms with E-state index >= 15 is 0 Å². The van der Waals surface area contributed by atoms with Crippen molar-refractivity contribution in [2.24, 2.45) is 0 Å². The van der Waals surface area contributed by atoms with Gasteiger partial charge in [-0.15, -0.1) is 0 Å². The van der Waals surface area contributed by atoms with Gasteiger partial charge in [0.1, 0.15) is 5.82 Å². The van der Waals surface area contributed by atoms with E-state index in [0.717, 1.165) is 31.8 Å². The lowest BCUT2D eigenvalue weighted by Crippen LogP contribution is -2.36. The van der Waals surface area contributed by atoms with E-state index in [1.165, 1.54) is 12.3 Å². The molecule has 1 aliphatic carbocycles. The van der Waals surface area contributed by atoms with Crippen molar-refractivity contribution in [3.05, 3.63) is 30.0 Å². The van der Waals surface area contributed by atoms with Crippen molar-refractivity contribution in [2.45, 2.75) is 31.7 Å². The normalized spacial score (nSPS) is 15.4. The highest BCUT2D eigenvalue weighted by Gasteiger charge is 2.17. The van der Waals surface area contributed by atoms with Crippen molar-refractivity contribution in [3.8, 4) is 0 Å². The topological polar surface area (TPSA) is 91.3 Å². The number of nitrogens with zero attached hydrogens (tertiary/aromatic N) is 1. The minimum absolute atomic E-state index is 0.241. The van der Waals surface area contributed by atoms with E-state index in [-0.39, 0.29) is 12.1 Å². The van der Waals surface area contributed by atoms with Gasteiger partial charge in [0.15, 0.2) is 0 Å². The second-order valence-electron chi connectivity index (χ2n) is 4.73. The number of pyridine rings is 1. The van der Waals surface area contributed by atoms with Crippen LogP contribution in [0.15, 0.2) is 24.4 Å². The summed E-state index contributed by atoms with van der Waals surface area (Å²) in [5, 5.41) is 14.1. The Hall–Kier alpha value is -2.37. The fourth-order valence-corrected chi connectivity index (χ4v) is 2.19. The number of carboxylic acid groups (broad SMARTS) is 1. The standard InChI is InChI=1S/C14H17N3O3/c18-13(19)6-5-10-7-8-15-12(9-10)17-14(20)16-11-3-1-2-4-11/h5-9,11H,1-4H2,(H,18,19)(H2,15,16,17,20)/b6-5+. The summed E-state index contributed by atoms with van der Waals surface area (Å²) < 4.78 is 0. The predicted molar refractivity (Wildman–Crippen MR) is 75.3 cm³/mol. The number of nitrogens with one attached hydrogen (secondary N) is 2. The Morgan fingerprint density at radius 1 is 1.35 bits per heavy atom. The van der Waals surface area contributed by atoms with Gasteiger partial charge in [0, 0.05) is 18.3 Å². The Morgan fingerprint density at radius 3 is 2.80 bits per heavy atom. The van der Waals surface area contributed by atoms with Crippen LogP contribution >= 0.6 is 0 Å². The summed E-state index contributed by atoms with van der Waals surface area (Å²) >= 11 is 0. The van der Waals surface area contributed by atoms with E-state index < -0.39 is 5.97 Å². The average molecular weight is 275 g/mol. The van der Waals surface area contributed by atoms with Crippen molar-refractivity contribution in [3.63, 3.8) is 0 Å². The van der Waals surface area contributed by atoms with Crippen LogP contribution in [0.25, 0.3) is 6.08 Å². The number of hydrogen-bond donors (Lipinski definition) is 3. The van der Waals surface area contributed by atoms with Crippen molar-refractivity contribution in [1.29, 1.82) is 0 Å². The fourth-order valence-electron chi connectivity index (χ4n) is 2.19. The minimum atomic E-state index is -1.02. The maximum absolute atomic E-state index is 11.8. The molecule has 0 atom stereocenters. The molecule has 6 nitrogen and oxygen atoms in total. The number of urea groups is 1. The molecule has 0 radical (unpaired) electrons. The van der Waals surface area contributed by atoms with Gasteiger partial charge in [-0.25, -0.2) is 14.6 Å². The lowest BCUT2D eigenvalue weighted by atomic mass is 10.2. The lowest BCUT2D eigenvalue weighted by Gasteiger charge is -2.12. The van der Waals surface area contributed by atoms with Crippen LogP contribution in [0.1, 0.15) is 31.2 Å². The number of anilines is 1. The molecule has 3 N–H and O–H groups in total. The first kappa shape index (κ1) is 14.0. The van der Waals surface area contributed by atoms with E-state index in [2.05, 4.69) is 15.6 Å². The minimum Gasteiger partial charge on any atom is -0.478 e. The SMILES string of the molecule is O=C(O)/C=C/c1ccnc(NC(=O)NC2CCCC2)c1. The Balaban J connectivity index is 1.93. The Labute approximate surface area is 116 Å². The molecule has 0 bridgehead atoms. The lowest BCUT2D eigenvalue weighted by molar-refractivity contribution is -0.131. The molecule has 2 rings (SSSR count). The average Bonchev–Trinajstić information content (AvgIpc) is 2.89. The smallest absolute Gasteiger partial charge is 0.328 e. The van der Waals surface area contributed by atoms with Gasteiger partial charge < -0.3 is 10.4 Å². The van der Waals surface area contributed by atoms with Gasteiger partial charge in [0.05, 0.1) is 0 Å². The Morgan fingerprint density at radius 2 is 2.10 bits per heavy atom. The number of aliphatic carboxylic acids is 1. The molecule has 0 spiro atoms. The van der Waals surface area contributed by atoms with Gasteiger partial charge in [0.2, 0.25) is 0 Å². The van der Waals surface area contributed by atoms with Crippen molar-refractivity contribution in [1.82, 2.24) is 10.3 Å². The summed E-state index contributed by atoms with van der Waals surface area (Å²) in [6.07, 6.45) is 8.34. The number of rotatable bonds is 4. The van der Waals surface area contributed by atoms with Crippen LogP contribution < -0.4 is 10.6 Å². The molecule has 1 saturated carbocycles. The zero-order valence-corrected chi connectivity index (χ0v) is 11.0. The third-order valence-electron chi connectivity index (χ3n) is 3.13. The zero-order valence-electron chi connectivity index (χ0n) is 11.0. The van der Waals surface area contributed by atoms with Crippen LogP contribution in [0.3, 0.4) is 0 Å². The van der Waals surface area contributed by atoms with Crippen LogP contribution in [0.4, 0.5) is 10.6 Å². The molecule has 106 valence electrons. The first-order valence-corrected chi connectivity index (χ1v) is 6.58. The number of hydrogen-bond acceptors (Lipinski definition) is 3. The summed E-state index contributed by atoms with van der Waals surface area (Å²) in [4.78, 5) is 26.2. The molecule has 1 fully saturated rings. The summed E-state index contributed by atoms with van der Waals surface area (Å²) in [6.45, 7) is 0. The van der Waals surface area contributed by atoms with Crippen molar-refractivity contribution in [2.75, 3.05) is 5.32 Å². The van der Waals surface area contributed by atoms with Gasteiger partial charge >= 0.3 is 12.0 Å². The third-order valence-corrected chi connectivity index (χ3v) is 3.13. The van der Waals surface area contributed by atoms with Gasteiger partial charge in [-0.2, -0.15) is 0 Å². The quantitative estimate of drug-likeness (QED) is 0.735. The van der Waals surface area contributed by atoms with Crippen LogP contribution in [-0.4, -0.2) is 28.1 Å². The number of aromatic nitrogens is 1. The second-order valence-corrected chi connectivity index (χ2v) is 4.73. The highest BCUT2D eigenvalue weighted by molar-refractivity contribution is 5.89. The molecule has 1 aromatic heterocycles. The van der Waals surface area contributed by atoms with E-state index in [1.54, 1.807) is 12.1 Å². The molecule has 0 unspecified atom stereocenters. The highest BCUT2D eigenvalue weighted by Crippen LogP contribution is 2.17. The molecular weight excluding hydrogens is 258 g/mol. The van der Waals surface area contributed by atoms with E-state index in [4.69, 9.17) is 5.11 Å². The van der Waals surface area contributed by atoms with Crippen LogP contribution in [0, 0.1) is 0 Å². The third kappa shape index (κ3) is 4.38. The van der Waals surface area contributed by atoms with Gasteiger partial charge in [0.25, 0.3) is 0 Å². The molecule has 1 aliphatic rings. The van der Waals surface area contributed by atoms with E-state index in [1.807, 2.05) is 0 Å². The van der Waals surface area contributed by atoms with Gasteiger partial charge in [-0.3, -0.25) is 5.32 Å². The van der Waals surface area contributed by atoms with E-state index in [0.29, 0.717) is 11.4 Å². The molecular formula is C14H17N3O3. The van der Waals surface area contributed by atoms with Crippen molar-refractivity contribution < 1.29 is 14.7 Å². The molecule has 0 aliphatic heterocycles. The maximum atomic E-state index is 11.8. The van der Waals surface area contributed by atoms with E-state index in [9.17, 15) is 9.59 Å². The van der Waals surface area contributed by atoms with Crippen LogP contribution in [0.2, 0.25) is 0 Å². The summed E-state index contributed by atoms with van der Waals surface area (Å²) in [5.74, 6) is -0.622. The monoisotopic (exact) mass is 275 g/mol. The molecule has 1 heterocycles. The second kappa shape index (κ2) is 6.70. The molecule has 2 amide bonds. The number of carboxylic acids is 1. The van der Waals surface area contributed by atoms with Crippen molar-refractivity contribution >= 4 is 23.9 Å². The number of carbonyl (C=O) groups is 2. The molecule has 1 aromatic rings. The highest BCUT2D eigenvalue weighted by atomic mass is 16.4. The van der Waals surface area contributed by atoms with Crippen LogP contribution in [0.5, 0.6) is 0 Å². The number of carbonyl (C=O) groups excluding carboxylic acids is 1. The summed E-state index contributed by atoms with van der Waals surface area (Å²) in [5.41, 5.74) is 0.665. The fraction of sp³-hybridized carbons (Fsp3) is 0.357. The maximum Gasteiger partial charge on any atom is 0.328 e. The molecule has 20 heavy (non-hydrogen) atoms. The molecule has 0 saturated heterocycles. The summed E-state index contributed by atoms with van der Waals surface area (Å²) in [7, 11) is 0.